The fraction of sp³-hybridized carbons (Fsp3) is 0.905. The normalized spacial score (nSPS) is 46.4. The molecule has 8 heteroatoms. The smallest absolute Gasteiger partial charge is 0.456 e. The number of carbonyl (C=O) groups is 2. The number of fused-ring (bicyclic) bond motifs is 5. The number of hydrogen-bond donors (Lipinski definition) is 0. The Balaban J connectivity index is 1.59. The van der Waals surface area contributed by atoms with Crippen LogP contribution in [0.1, 0.15) is 65.2 Å². The molecule has 4 fully saturated rings. The Bertz CT molecular complexity index is 724. The lowest BCUT2D eigenvalue weighted by Gasteiger charge is -2.64. The second-order valence-corrected chi connectivity index (χ2v) is 13.8. The van der Waals surface area contributed by atoms with E-state index in [0.717, 1.165) is 32.1 Å². The monoisotopic (exact) mass is 542 g/mol. The molecule has 164 valence electrons. The van der Waals surface area contributed by atoms with E-state index in [2.05, 4.69) is 45.7 Å². The van der Waals surface area contributed by atoms with Crippen LogP contribution in [-0.4, -0.2) is 27.3 Å². The topological polar surface area (TPSA) is 43.4 Å². The first kappa shape index (κ1) is 22.1. The molecule has 0 heterocycles. The van der Waals surface area contributed by atoms with Gasteiger partial charge < -0.3 is 4.74 Å². The first-order valence-corrected chi connectivity index (χ1v) is 12.1. The molecule has 4 aliphatic carbocycles. The lowest BCUT2D eigenvalue weighted by Crippen LogP contribution is -2.61. The van der Waals surface area contributed by atoms with Crippen LogP contribution in [0, 0.1) is 34.5 Å². The molecule has 0 aromatic rings. The van der Waals surface area contributed by atoms with E-state index in [0.29, 0.717) is 42.8 Å². The van der Waals surface area contributed by atoms with Crippen molar-refractivity contribution in [2.45, 2.75) is 80.7 Å². The molecule has 0 N–H and O–H groups in total. The van der Waals surface area contributed by atoms with Gasteiger partial charge in [-0.1, -0.05) is 45.7 Å². The Morgan fingerprint density at radius 1 is 1.10 bits per heavy atom. The number of rotatable bonds is 1. The molecule has 7 atom stereocenters. The molecule has 0 amide bonds. The van der Waals surface area contributed by atoms with Gasteiger partial charge >= 0.3 is 12.1 Å². The van der Waals surface area contributed by atoms with Gasteiger partial charge in [-0.2, -0.15) is 13.2 Å². The van der Waals surface area contributed by atoms with Crippen LogP contribution in [-0.2, 0) is 14.3 Å². The third kappa shape index (κ3) is 3.25. The first-order chi connectivity index (χ1) is 13.3. The Kier molecular flexibility index (Phi) is 5.29. The molecule has 4 aliphatic rings. The van der Waals surface area contributed by atoms with Crippen molar-refractivity contribution in [1.82, 2.24) is 0 Å². The molecule has 0 bridgehead atoms. The van der Waals surface area contributed by atoms with Crippen molar-refractivity contribution in [2.75, 3.05) is 0 Å². The van der Waals surface area contributed by atoms with Gasteiger partial charge in [-0.05, 0) is 67.6 Å². The van der Waals surface area contributed by atoms with E-state index in [9.17, 15) is 22.8 Å². The summed E-state index contributed by atoms with van der Waals surface area (Å²) in [6.45, 7) is 4.37. The minimum absolute atomic E-state index is 0.156. The summed E-state index contributed by atoms with van der Waals surface area (Å²) in [6.07, 6.45) is 0.389. The average molecular weight is 544 g/mol. The quantitative estimate of drug-likeness (QED) is 0.293. The van der Waals surface area contributed by atoms with Crippen molar-refractivity contribution in [2.24, 2.45) is 34.5 Å². The Morgan fingerprint density at radius 2 is 1.79 bits per heavy atom. The summed E-state index contributed by atoms with van der Waals surface area (Å²) in [5, 5.41) is 0. The van der Waals surface area contributed by atoms with Crippen molar-refractivity contribution < 1.29 is 27.5 Å². The molecular weight excluding hydrogens is 517 g/mol. The first-order valence-electron chi connectivity index (χ1n) is 10.5. The van der Waals surface area contributed by atoms with Crippen LogP contribution < -0.4 is 0 Å². The summed E-state index contributed by atoms with van der Waals surface area (Å²) in [5.41, 5.74) is -0.380. The maximum atomic E-state index is 12.7. The van der Waals surface area contributed by atoms with Gasteiger partial charge in [-0.3, -0.25) is 4.79 Å². The summed E-state index contributed by atoms with van der Waals surface area (Å²) in [4.78, 5) is 24.0. The standard InChI is InChI=1S/C21H27Br2F3O3/c1-18-8-7-15-13(14(18)5-6-16(18)27)4-3-11-9-12(29-17(28)21(24,25)26)10-20(22,23)19(11,15)2/h11-15H,3-10H2,1-2H3/t11?,12-,13+,14+,15+,18+,19+/m1/s1. The highest BCUT2D eigenvalue weighted by molar-refractivity contribution is 9.25. The van der Waals surface area contributed by atoms with E-state index >= 15 is 0 Å². The highest BCUT2D eigenvalue weighted by atomic mass is 79.9. The number of alkyl halides is 5. The lowest BCUT2D eigenvalue weighted by molar-refractivity contribution is -0.210. The summed E-state index contributed by atoms with van der Waals surface area (Å²) in [5.74, 6) is -0.284. The maximum Gasteiger partial charge on any atom is 0.490 e. The van der Waals surface area contributed by atoms with Gasteiger partial charge in [0.25, 0.3) is 0 Å². The fourth-order valence-electron chi connectivity index (χ4n) is 7.35. The minimum atomic E-state index is -4.97. The molecular formula is C21H27Br2F3O3. The SMILES string of the molecule is C[C@]12C(CC[C@@H]3[C@@H]1CC[C@]1(C)C(=O)CC[C@@H]31)C[C@@H](OC(=O)C(F)(F)F)CC2(Br)Br. The third-order valence-corrected chi connectivity index (χ3v) is 11.3. The highest BCUT2D eigenvalue weighted by Gasteiger charge is 2.66. The van der Waals surface area contributed by atoms with Crippen LogP contribution in [0.25, 0.3) is 0 Å². The van der Waals surface area contributed by atoms with E-state index < -0.39 is 21.5 Å². The molecule has 0 aliphatic heterocycles. The van der Waals surface area contributed by atoms with Crippen molar-refractivity contribution in [3.8, 4) is 0 Å². The third-order valence-electron chi connectivity index (χ3n) is 8.94. The fourth-order valence-corrected chi connectivity index (χ4v) is 9.31. The van der Waals surface area contributed by atoms with E-state index in [1.807, 2.05) is 0 Å². The number of ketones is 1. The van der Waals surface area contributed by atoms with E-state index in [-0.39, 0.29) is 16.7 Å². The van der Waals surface area contributed by atoms with Gasteiger partial charge in [-0.25, -0.2) is 4.79 Å². The summed E-state index contributed by atoms with van der Waals surface area (Å²) >= 11 is 7.62. The Hall–Kier alpha value is -0.110. The van der Waals surface area contributed by atoms with Crippen LogP contribution in [0.2, 0.25) is 0 Å². The van der Waals surface area contributed by atoms with Gasteiger partial charge in [0.2, 0.25) is 0 Å². The van der Waals surface area contributed by atoms with Gasteiger partial charge in [0.15, 0.2) is 0 Å². The Morgan fingerprint density at radius 3 is 2.45 bits per heavy atom. The van der Waals surface area contributed by atoms with Gasteiger partial charge in [0.05, 0.1) is 3.23 Å². The van der Waals surface area contributed by atoms with Crippen LogP contribution in [0.3, 0.4) is 0 Å². The van der Waals surface area contributed by atoms with Crippen LogP contribution in [0.5, 0.6) is 0 Å². The number of Topliss-reactive ketones (excluding diaryl/α,β-unsaturated/α-hetero) is 1. The molecule has 4 saturated carbocycles. The lowest BCUT2D eigenvalue weighted by atomic mass is 9.45. The molecule has 0 saturated heterocycles. The number of carbonyl (C=O) groups excluding carboxylic acids is 2. The number of halogens is 5. The van der Waals surface area contributed by atoms with Crippen molar-refractivity contribution >= 4 is 43.6 Å². The zero-order valence-electron chi connectivity index (χ0n) is 16.7. The molecule has 4 rings (SSSR count). The predicted molar refractivity (Wildman–Crippen MR) is 109 cm³/mol. The molecule has 1 unspecified atom stereocenters. The highest BCUT2D eigenvalue weighted by Crippen LogP contribution is 2.70. The van der Waals surface area contributed by atoms with E-state index in [4.69, 9.17) is 4.74 Å². The molecule has 0 aromatic carbocycles. The average Bonchev–Trinajstić information content (AvgIpc) is 2.90. The van der Waals surface area contributed by atoms with Gasteiger partial charge in [0, 0.05) is 18.3 Å². The van der Waals surface area contributed by atoms with Crippen molar-refractivity contribution in [3.63, 3.8) is 0 Å². The number of hydrogen-bond acceptors (Lipinski definition) is 3. The van der Waals surface area contributed by atoms with E-state index in [1.54, 1.807) is 0 Å². The number of esters is 1. The zero-order chi connectivity index (χ0) is 21.4. The van der Waals surface area contributed by atoms with Crippen LogP contribution in [0.15, 0.2) is 0 Å². The molecule has 3 nitrogen and oxygen atoms in total. The molecule has 0 radical (unpaired) electrons. The predicted octanol–water partition coefficient (Wildman–Crippen LogP) is 6.17. The van der Waals surface area contributed by atoms with Crippen molar-refractivity contribution in [1.29, 1.82) is 0 Å². The summed E-state index contributed by atoms with van der Waals surface area (Å²) < 4.78 is 42.3. The maximum absolute atomic E-state index is 12.7. The van der Waals surface area contributed by atoms with Crippen LogP contribution in [0.4, 0.5) is 13.2 Å². The van der Waals surface area contributed by atoms with E-state index in [1.165, 1.54) is 0 Å². The van der Waals surface area contributed by atoms with Gasteiger partial charge in [-0.15, -0.1) is 0 Å². The van der Waals surface area contributed by atoms with Gasteiger partial charge in [0.1, 0.15) is 11.9 Å². The summed E-state index contributed by atoms with van der Waals surface area (Å²) in [7, 11) is 0. The second kappa shape index (κ2) is 6.94. The molecule has 29 heavy (non-hydrogen) atoms. The number of ether oxygens (including phenoxy) is 1. The molecule has 0 aromatic heterocycles. The zero-order valence-corrected chi connectivity index (χ0v) is 19.8. The second-order valence-electron chi connectivity index (χ2n) is 10.0. The minimum Gasteiger partial charge on any atom is -0.456 e. The largest absolute Gasteiger partial charge is 0.490 e. The summed E-state index contributed by atoms with van der Waals surface area (Å²) in [6, 6.07) is 0. The Labute approximate surface area is 186 Å². The molecule has 0 spiro atoms. The van der Waals surface area contributed by atoms with Crippen molar-refractivity contribution in [3.05, 3.63) is 0 Å². The van der Waals surface area contributed by atoms with Crippen LogP contribution >= 0.6 is 31.9 Å².